The maximum Gasteiger partial charge on any atom is 0.226 e. The number of thiazole rings is 1. The molecule has 2 aromatic heterocycles. The van der Waals surface area contributed by atoms with E-state index in [-0.39, 0.29) is 5.91 Å². The first-order chi connectivity index (χ1) is 11.8. The van der Waals surface area contributed by atoms with E-state index >= 15 is 0 Å². The molecule has 1 amide bonds. The van der Waals surface area contributed by atoms with E-state index in [1.165, 1.54) is 0 Å². The highest BCUT2D eigenvalue weighted by Crippen LogP contribution is 2.23. The molecule has 124 valence electrons. The van der Waals surface area contributed by atoms with E-state index in [4.69, 9.17) is 0 Å². The van der Waals surface area contributed by atoms with E-state index in [9.17, 15) is 4.79 Å². The van der Waals surface area contributed by atoms with Crippen molar-refractivity contribution >= 4 is 22.2 Å². The van der Waals surface area contributed by atoms with Crippen LogP contribution < -0.4 is 10.6 Å². The average molecular weight is 340 g/mol. The van der Waals surface area contributed by atoms with Gasteiger partial charge < -0.3 is 10.6 Å². The van der Waals surface area contributed by atoms with Gasteiger partial charge in [0.05, 0.1) is 12.1 Å². The van der Waals surface area contributed by atoms with Gasteiger partial charge in [0.2, 0.25) is 5.91 Å². The molecule has 4 rings (SSSR count). The zero-order chi connectivity index (χ0) is 16.4. The number of amides is 1. The van der Waals surface area contributed by atoms with E-state index in [2.05, 4.69) is 27.8 Å². The summed E-state index contributed by atoms with van der Waals surface area (Å²) in [4.78, 5) is 17.9. The molecule has 0 unspecified atom stereocenters. The van der Waals surface area contributed by atoms with Gasteiger partial charge in [0.15, 0.2) is 4.96 Å². The lowest BCUT2D eigenvalue weighted by Gasteiger charge is -2.23. The highest BCUT2D eigenvalue weighted by molar-refractivity contribution is 7.15. The van der Waals surface area contributed by atoms with Crippen LogP contribution in [0.5, 0.6) is 0 Å². The molecule has 1 aliphatic rings. The Morgan fingerprint density at radius 2 is 2.08 bits per heavy atom. The largest absolute Gasteiger partial charge is 0.353 e. The zero-order valence-electron chi connectivity index (χ0n) is 13.4. The second kappa shape index (κ2) is 6.75. The van der Waals surface area contributed by atoms with Crippen LogP contribution in [-0.2, 0) is 11.2 Å². The Kier molecular flexibility index (Phi) is 4.32. The van der Waals surface area contributed by atoms with Crippen LogP contribution in [0.1, 0.15) is 18.5 Å². The number of nitrogens with one attached hydrogen (secondary N) is 2. The van der Waals surface area contributed by atoms with Gasteiger partial charge in [0, 0.05) is 28.9 Å². The zero-order valence-corrected chi connectivity index (χ0v) is 14.2. The van der Waals surface area contributed by atoms with Crippen LogP contribution in [0.2, 0.25) is 0 Å². The fourth-order valence-corrected chi connectivity index (χ4v) is 3.99. The van der Waals surface area contributed by atoms with E-state index in [0.717, 1.165) is 47.8 Å². The van der Waals surface area contributed by atoms with Crippen LogP contribution in [0.15, 0.2) is 41.9 Å². The van der Waals surface area contributed by atoms with Crippen molar-refractivity contribution in [2.24, 2.45) is 0 Å². The van der Waals surface area contributed by atoms with Gasteiger partial charge in [-0.3, -0.25) is 9.20 Å². The van der Waals surface area contributed by atoms with Gasteiger partial charge in [0.1, 0.15) is 0 Å². The Balaban J connectivity index is 1.50. The van der Waals surface area contributed by atoms with Crippen molar-refractivity contribution < 1.29 is 4.79 Å². The van der Waals surface area contributed by atoms with Crippen LogP contribution in [-0.4, -0.2) is 34.4 Å². The van der Waals surface area contributed by atoms with Crippen molar-refractivity contribution in [2.75, 3.05) is 13.1 Å². The molecule has 0 radical (unpaired) electrons. The molecule has 0 bridgehead atoms. The highest BCUT2D eigenvalue weighted by atomic mass is 32.1. The Morgan fingerprint density at radius 1 is 1.29 bits per heavy atom. The van der Waals surface area contributed by atoms with Crippen LogP contribution >= 0.6 is 11.3 Å². The van der Waals surface area contributed by atoms with Crippen LogP contribution in [0.25, 0.3) is 16.2 Å². The highest BCUT2D eigenvalue weighted by Gasteiger charge is 2.17. The fraction of sp³-hybridized carbons (Fsp3) is 0.333. The summed E-state index contributed by atoms with van der Waals surface area (Å²) in [7, 11) is 0. The van der Waals surface area contributed by atoms with Crippen LogP contribution in [0.4, 0.5) is 0 Å². The third-order valence-corrected chi connectivity index (χ3v) is 5.29. The number of piperidine rings is 1. The standard InChI is InChI=1S/C18H20N4OS/c23-17(20-14-6-8-19-9-7-14)10-15-12-24-18-21-16(11-22(15)18)13-4-2-1-3-5-13/h1-5,11-12,14,19H,6-10H2,(H,20,23). The Labute approximate surface area is 144 Å². The monoisotopic (exact) mass is 340 g/mol. The van der Waals surface area contributed by atoms with E-state index in [0.29, 0.717) is 12.5 Å². The van der Waals surface area contributed by atoms with Crippen molar-refractivity contribution in [3.05, 3.63) is 47.6 Å². The molecule has 0 spiro atoms. The van der Waals surface area contributed by atoms with E-state index in [1.54, 1.807) is 11.3 Å². The Hall–Kier alpha value is -2.18. The van der Waals surface area contributed by atoms with Crippen molar-refractivity contribution in [3.63, 3.8) is 0 Å². The minimum atomic E-state index is 0.0940. The number of carbonyl (C=O) groups is 1. The molecule has 1 aromatic carbocycles. The average Bonchev–Trinajstić information content (AvgIpc) is 3.19. The molecule has 3 heterocycles. The normalized spacial score (nSPS) is 15.7. The fourth-order valence-electron chi connectivity index (χ4n) is 3.11. The van der Waals surface area contributed by atoms with Crippen molar-refractivity contribution in [1.82, 2.24) is 20.0 Å². The summed E-state index contributed by atoms with van der Waals surface area (Å²) in [6.45, 7) is 1.96. The van der Waals surface area contributed by atoms with Crippen LogP contribution in [0.3, 0.4) is 0 Å². The Bertz CT molecular complexity index is 833. The summed E-state index contributed by atoms with van der Waals surface area (Å²) in [6, 6.07) is 10.4. The molecule has 3 aromatic rings. The minimum Gasteiger partial charge on any atom is -0.353 e. The summed E-state index contributed by atoms with van der Waals surface area (Å²) in [5.74, 6) is 0.0940. The first-order valence-electron chi connectivity index (χ1n) is 8.30. The molecule has 1 saturated heterocycles. The van der Waals surface area contributed by atoms with Gasteiger partial charge in [-0.05, 0) is 25.9 Å². The SMILES string of the molecule is O=C(Cc1csc2nc(-c3ccccc3)cn12)NC1CCNCC1. The third-order valence-electron chi connectivity index (χ3n) is 4.40. The van der Waals surface area contributed by atoms with Gasteiger partial charge >= 0.3 is 0 Å². The molecule has 6 heteroatoms. The maximum absolute atomic E-state index is 12.3. The molecule has 0 atom stereocenters. The summed E-state index contributed by atoms with van der Waals surface area (Å²) < 4.78 is 2.04. The number of hydrogen-bond donors (Lipinski definition) is 2. The van der Waals surface area contributed by atoms with Crippen LogP contribution in [0, 0.1) is 0 Å². The first-order valence-corrected chi connectivity index (χ1v) is 9.18. The predicted molar refractivity (Wildman–Crippen MR) is 96.2 cm³/mol. The summed E-state index contributed by atoms with van der Waals surface area (Å²) >= 11 is 1.58. The molecule has 0 saturated carbocycles. The van der Waals surface area contributed by atoms with Crippen molar-refractivity contribution in [2.45, 2.75) is 25.3 Å². The van der Waals surface area contributed by atoms with Gasteiger partial charge in [0.25, 0.3) is 0 Å². The number of hydrogen-bond acceptors (Lipinski definition) is 4. The first kappa shape index (κ1) is 15.4. The number of benzene rings is 1. The van der Waals surface area contributed by atoms with Crippen molar-refractivity contribution in [3.8, 4) is 11.3 Å². The van der Waals surface area contributed by atoms with Gasteiger partial charge in [-0.15, -0.1) is 11.3 Å². The molecule has 5 nitrogen and oxygen atoms in total. The number of fused-ring (bicyclic) bond motifs is 1. The summed E-state index contributed by atoms with van der Waals surface area (Å²) in [6.07, 6.45) is 4.44. The topological polar surface area (TPSA) is 58.4 Å². The van der Waals surface area contributed by atoms with E-state index in [1.807, 2.05) is 34.2 Å². The molecule has 0 aliphatic carbocycles. The minimum absolute atomic E-state index is 0.0940. The second-order valence-electron chi connectivity index (χ2n) is 6.14. The summed E-state index contributed by atoms with van der Waals surface area (Å²) in [5, 5.41) is 8.49. The Morgan fingerprint density at radius 3 is 2.88 bits per heavy atom. The molecule has 2 N–H and O–H groups in total. The number of rotatable bonds is 4. The van der Waals surface area contributed by atoms with Gasteiger partial charge in [-0.25, -0.2) is 4.98 Å². The quantitative estimate of drug-likeness (QED) is 0.767. The maximum atomic E-state index is 12.3. The molecular weight excluding hydrogens is 320 g/mol. The van der Waals surface area contributed by atoms with E-state index < -0.39 is 0 Å². The molecule has 24 heavy (non-hydrogen) atoms. The lowest BCUT2D eigenvalue weighted by molar-refractivity contribution is -0.121. The predicted octanol–water partition coefficient (Wildman–Crippen LogP) is 2.47. The molecule has 1 fully saturated rings. The number of imidazole rings is 1. The lowest BCUT2D eigenvalue weighted by Crippen LogP contribution is -2.43. The number of carbonyl (C=O) groups excluding carboxylic acids is 1. The molecule has 1 aliphatic heterocycles. The van der Waals surface area contributed by atoms with Crippen molar-refractivity contribution in [1.29, 1.82) is 0 Å². The smallest absolute Gasteiger partial charge is 0.226 e. The lowest BCUT2D eigenvalue weighted by atomic mass is 10.1. The number of nitrogens with zero attached hydrogens (tertiary/aromatic N) is 2. The van der Waals surface area contributed by atoms with Gasteiger partial charge in [-0.2, -0.15) is 0 Å². The van der Waals surface area contributed by atoms with Gasteiger partial charge in [-0.1, -0.05) is 30.3 Å². The molecular formula is C18H20N4OS. The third kappa shape index (κ3) is 3.20. The summed E-state index contributed by atoms with van der Waals surface area (Å²) in [5.41, 5.74) is 3.04. The number of aromatic nitrogens is 2. The second-order valence-corrected chi connectivity index (χ2v) is 6.98.